The van der Waals surface area contributed by atoms with E-state index < -0.39 is 11.7 Å². The van der Waals surface area contributed by atoms with Gasteiger partial charge in [0.15, 0.2) is 11.5 Å². The van der Waals surface area contributed by atoms with Gasteiger partial charge in [0.2, 0.25) is 6.79 Å². The summed E-state index contributed by atoms with van der Waals surface area (Å²) in [6.45, 7) is 0.402. The Balaban J connectivity index is 1.26. The number of ketones is 1. The second-order valence-corrected chi connectivity index (χ2v) is 5.92. The third-order valence-corrected chi connectivity index (χ3v) is 4.16. The van der Waals surface area contributed by atoms with Crippen molar-refractivity contribution in [1.82, 2.24) is 10.3 Å². The lowest BCUT2D eigenvalue weighted by Gasteiger charge is -2.03. The molecule has 140 valence electrons. The number of rotatable bonds is 5. The molecule has 1 aliphatic heterocycles. The first-order valence-electron chi connectivity index (χ1n) is 8.59. The van der Waals surface area contributed by atoms with Gasteiger partial charge in [0.25, 0.3) is 11.7 Å². The monoisotopic (exact) mass is 376 g/mol. The highest BCUT2D eigenvalue weighted by molar-refractivity contribution is 6.45. The number of benzene rings is 2. The average molecular weight is 376 g/mol. The Kier molecular flexibility index (Phi) is 4.85. The van der Waals surface area contributed by atoms with Crippen LogP contribution in [-0.2, 0) is 4.79 Å². The van der Waals surface area contributed by atoms with Crippen LogP contribution in [0.2, 0.25) is 0 Å². The van der Waals surface area contributed by atoms with E-state index in [9.17, 15) is 9.59 Å². The largest absolute Gasteiger partial charge is 0.481 e. The molecule has 0 saturated carbocycles. The standard InChI is InChI=1S/C21H16N2O5/c24-20(16-12-23-17-6-2-1-5-15(16)17)21(25)22-9-3-4-10-26-14-7-8-18-19(11-14)28-13-27-18/h1-2,5-8,11-12,23H,9-10,13H2,(H,22,25). The van der Waals surface area contributed by atoms with Crippen LogP contribution in [0.5, 0.6) is 17.2 Å². The molecule has 3 aromatic rings. The zero-order valence-corrected chi connectivity index (χ0v) is 14.8. The second kappa shape index (κ2) is 7.76. The van der Waals surface area contributed by atoms with Crippen LogP contribution in [0.1, 0.15) is 10.4 Å². The summed E-state index contributed by atoms with van der Waals surface area (Å²) in [5, 5.41) is 3.21. The molecule has 0 atom stereocenters. The molecule has 7 heteroatoms. The Hall–Kier alpha value is -3.92. The molecule has 4 rings (SSSR count). The number of aromatic amines is 1. The average Bonchev–Trinajstić information content (AvgIpc) is 3.36. The van der Waals surface area contributed by atoms with Crippen molar-refractivity contribution < 1.29 is 23.8 Å². The van der Waals surface area contributed by atoms with Crippen LogP contribution in [0.25, 0.3) is 10.9 Å². The SMILES string of the molecule is O=C(NCC#CCOc1ccc2c(c1)OCO2)C(=O)c1c[nH]c2ccccc12. The number of Topliss-reactive ketones (excluding diaryl/α,β-unsaturated/α-hetero) is 1. The predicted molar refractivity (Wildman–Crippen MR) is 101 cm³/mol. The summed E-state index contributed by atoms with van der Waals surface area (Å²) in [5.74, 6) is 6.16. The molecule has 0 spiro atoms. The molecule has 1 amide bonds. The van der Waals surface area contributed by atoms with E-state index in [1.807, 2.05) is 18.2 Å². The van der Waals surface area contributed by atoms with Crippen molar-refractivity contribution in [1.29, 1.82) is 0 Å². The van der Waals surface area contributed by atoms with E-state index >= 15 is 0 Å². The number of hydrogen-bond acceptors (Lipinski definition) is 5. The zero-order chi connectivity index (χ0) is 19.3. The lowest BCUT2D eigenvalue weighted by atomic mass is 10.1. The molecule has 2 aromatic carbocycles. The first-order valence-corrected chi connectivity index (χ1v) is 8.59. The fourth-order valence-corrected chi connectivity index (χ4v) is 2.79. The maximum absolute atomic E-state index is 12.3. The van der Waals surface area contributed by atoms with E-state index in [1.54, 1.807) is 24.3 Å². The Morgan fingerprint density at radius 3 is 2.89 bits per heavy atom. The van der Waals surface area contributed by atoms with Crippen molar-refractivity contribution in [2.24, 2.45) is 0 Å². The lowest BCUT2D eigenvalue weighted by molar-refractivity contribution is -0.116. The van der Waals surface area contributed by atoms with E-state index in [2.05, 4.69) is 22.1 Å². The van der Waals surface area contributed by atoms with Gasteiger partial charge in [-0.15, -0.1) is 0 Å². The van der Waals surface area contributed by atoms with Gasteiger partial charge in [-0.3, -0.25) is 9.59 Å². The van der Waals surface area contributed by atoms with Gasteiger partial charge >= 0.3 is 0 Å². The third-order valence-electron chi connectivity index (χ3n) is 4.16. The van der Waals surface area contributed by atoms with Crippen LogP contribution in [-0.4, -0.2) is 36.6 Å². The minimum Gasteiger partial charge on any atom is -0.481 e. The van der Waals surface area contributed by atoms with E-state index in [1.165, 1.54) is 6.20 Å². The van der Waals surface area contributed by atoms with Crippen molar-refractivity contribution in [3.63, 3.8) is 0 Å². The molecular formula is C21H16N2O5. The van der Waals surface area contributed by atoms with Gasteiger partial charge < -0.3 is 24.5 Å². The van der Waals surface area contributed by atoms with Crippen LogP contribution >= 0.6 is 0 Å². The molecule has 1 aromatic heterocycles. The van der Waals surface area contributed by atoms with Crippen molar-refractivity contribution in [2.45, 2.75) is 0 Å². The summed E-state index contributed by atoms with van der Waals surface area (Å²) < 4.78 is 16.0. The van der Waals surface area contributed by atoms with E-state index in [0.29, 0.717) is 28.2 Å². The fraction of sp³-hybridized carbons (Fsp3) is 0.143. The normalized spacial score (nSPS) is 11.6. The number of nitrogens with one attached hydrogen (secondary N) is 2. The Bertz CT molecular complexity index is 1110. The van der Waals surface area contributed by atoms with Crippen molar-refractivity contribution >= 4 is 22.6 Å². The maximum Gasteiger partial charge on any atom is 0.293 e. The number of amides is 1. The summed E-state index contributed by atoms with van der Waals surface area (Å²) in [4.78, 5) is 27.3. The molecule has 0 unspecified atom stereocenters. The van der Waals surface area contributed by atoms with E-state index in [-0.39, 0.29) is 19.9 Å². The van der Waals surface area contributed by atoms with Crippen molar-refractivity contribution in [3.05, 3.63) is 54.2 Å². The summed E-state index contributed by atoms with van der Waals surface area (Å²) in [6, 6.07) is 12.6. The minimum absolute atomic E-state index is 0.0530. The molecule has 2 N–H and O–H groups in total. The predicted octanol–water partition coefficient (Wildman–Crippen LogP) is 2.28. The number of ether oxygens (including phenoxy) is 3. The first-order chi connectivity index (χ1) is 13.7. The summed E-state index contributed by atoms with van der Waals surface area (Å²) >= 11 is 0. The third kappa shape index (κ3) is 3.62. The number of hydrogen-bond donors (Lipinski definition) is 2. The molecular weight excluding hydrogens is 360 g/mol. The van der Waals surface area contributed by atoms with Crippen LogP contribution < -0.4 is 19.5 Å². The molecule has 7 nitrogen and oxygen atoms in total. The minimum atomic E-state index is -0.698. The molecule has 0 radical (unpaired) electrons. The summed E-state index contributed by atoms with van der Waals surface area (Å²) in [7, 11) is 0. The Labute approximate surface area is 160 Å². The highest BCUT2D eigenvalue weighted by atomic mass is 16.7. The number of fused-ring (bicyclic) bond motifs is 2. The topological polar surface area (TPSA) is 89.7 Å². The fourth-order valence-electron chi connectivity index (χ4n) is 2.79. The highest BCUT2D eigenvalue weighted by Crippen LogP contribution is 2.34. The molecule has 0 aliphatic carbocycles. The maximum atomic E-state index is 12.3. The van der Waals surface area contributed by atoms with Gasteiger partial charge in [0.1, 0.15) is 12.4 Å². The van der Waals surface area contributed by atoms with Crippen LogP contribution in [0.15, 0.2) is 48.7 Å². The lowest BCUT2D eigenvalue weighted by Crippen LogP contribution is -2.31. The number of aromatic nitrogens is 1. The van der Waals surface area contributed by atoms with E-state index in [0.717, 1.165) is 5.52 Å². The van der Waals surface area contributed by atoms with Crippen LogP contribution in [0.3, 0.4) is 0 Å². The van der Waals surface area contributed by atoms with Gasteiger partial charge in [-0.25, -0.2) is 0 Å². The van der Waals surface area contributed by atoms with E-state index in [4.69, 9.17) is 14.2 Å². The van der Waals surface area contributed by atoms with Crippen molar-refractivity contribution in [3.8, 4) is 29.1 Å². The molecule has 0 bridgehead atoms. The summed E-state index contributed by atoms with van der Waals surface area (Å²) in [5.41, 5.74) is 1.14. The van der Waals surface area contributed by atoms with Gasteiger partial charge in [-0.2, -0.15) is 0 Å². The Morgan fingerprint density at radius 1 is 1.11 bits per heavy atom. The Morgan fingerprint density at radius 2 is 1.96 bits per heavy atom. The van der Waals surface area contributed by atoms with Crippen LogP contribution in [0, 0.1) is 11.8 Å². The molecule has 28 heavy (non-hydrogen) atoms. The molecule has 0 saturated heterocycles. The first kappa shape index (κ1) is 17.5. The van der Waals surface area contributed by atoms with Crippen molar-refractivity contribution in [2.75, 3.05) is 19.9 Å². The van der Waals surface area contributed by atoms with Gasteiger partial charge in [-0.1, -0.05) is 30.0 Å². The highest BCUT2D eigenvalue weighted by Gasteiger charge is 2.19. The zero-order valence-electron chi connectivity index (χ0n) is 14.8. The number of carbonyl (C=O) groups excluding carboxylic acids is 2. The number of H-pyrrole nitrogens is 1. The molecule has 1 aliphatic rings. The number of carbonyl (C=O) groups is 2. The number of para-hydroxylation sites is 1. The van der Waals surface area contributed by atoms with Gasteiger partial charge in [-0.05, 0) is 18.2 Å². The molecule has 2 heterocycles. The molecule has 0 fully saturated rings. The quantitative estimate of drug-likeness (QED) is 0.405. The van der Waals surface area contributed by atoms with Gasteiger partial charge in [0, 0.05) is 23.2 Å². The van der Waals surface area contributed by atoms with Gasteiger partial charge in [0.05, 0.1) is 12.1 Å². The smallest absolute Gasteiger partial charge is 0.293 e. The second-order valence-electron chi connectivity index (χ2n) is 5.92. The summed E-state index contributed by atoms with van der Waals surface area (Å²) in [6.07, 6.45) is 1.54. The van der Waals surface area contributed by atoms with Crippen LogP contribution in [0.4, 0.5) is 0 Å².